The number of piperidine rings is 1. The zero-order valence-electron chi connectivity index (χ0n) is 13.8. The minimum atomic E-state index is -0.188. The van der Waals surface area contributed by atoms with E-state index in [2.05, 4.69) is 10.6 Å². The molecule has 3 amide bonds. The second-order valence-corrected chi connectivity index (χ2v) is 7.25. The van der Waals surface area contributed by atoms with Crippen molar-refractivity contribution in [3.05, 3.63) is 40.7 Å². The Hall–Kier alpha value is -2.28. The fourth-order valence-electron chi connectivity index (χ4n) is 2.84. The first kappa shape index (κ1) is 16.6. The molecule has 2 N–H and O–H groups in total. The lowest BCUT2D eigenvalue weighted by molar-refractivity contribution is 0.0707. The van der Waals surface area contributed by atoms with E-state index in [1.165, 1.54) is 6.26 Å². The zero-order valence-corrected chi connectivity index (χ0v) is 14.6. The average Bonchev–Trinajstić information content (AvgIpc) is 3.15. The molecular weight excluding hydrogens is 326 g/mol. The summed E-state index contributed by atoms with van der Waals surface area (Å²) in [6.07, 6.45) is 3.03. The molecule has 3 rings (SSSR count). The number of nitrogens with one attached hydrogen (secondary N) is 2. The molecule has 0 radical (unpaired) electrons. The maximum Gasteiger partial charge on any atom is 0.320 e. The molecule has 2 aromatic rings. The molecule has 0 saturated carbocycles. The minimum Gasteiger partial charge on any atom is -0.469 e. The summed E-state index contributed by atoms with van der Waals surface area (Å²) in [4.78, 5) is 27.4. The standard InChI is InChI=1S/C17H21N3O3S/c1-11-3-4-15(24-11)19-17(22)18-13-5-8-20(9-6-13)16(21)14-7-10-23-12(14)2/h3-4,7,10,13H,5-6,8-9H2,1-2H3,(H2,18,19,22). The number of hydrogen-bond acceptors (Lipinski definition) is 4. The number of carbonyl (C=O) groups is 2. The van der Waals surface area contributed by atoms with Gasteiger partial charge in [0.05, 0.1) is 16.8 Å². The van der Waals surface area contributed by atoms with E-state index >= 15 is 0 Å². The number of carbonyl (C=O) groups excluding carboxylic acids is 2. The molecule has 0 spiro atoms. The average molecular weight is 347 g/mol. The molecule has 1 aliphatic heterocycles. The Morgan fingerprint density at radius 2 is 1.96 bits per heavy atom. The first-order valence-corrected chi connectivity index (χ1v) is 8.82. The second kappa shape index (κ2) is 7.09. The van der Waals surface area contributed by atoms with Crippen molar-refractivity contribution in [1.29, 1.82) is 0 Å². The van der Waals surface area contributed by atoms with Crippen LogP contribution in [-0.2, 0) is 0 Å². The third-order valence-corrected chi connectivity index (χ3v) is 5.10. The Morgan fingerprint density at radius 1 is 1.21 bits per heavy atom. The maximum atomic E-state index is 12.4. The van der Waals surface area contributed by atoms with E-state index < -0.39 is 0 Å². The monoisotopic (exact) mass is 347 g/mol. The quantitative estimate of drug-likeness (QED) is 0.894. The van der Waals surface area contributed by atoms with E-state index in [1.807, 2.05) is 24.0 Å². The van der Waals surface area contributed by atoms with Crippen LogP contribution in [0.4, 0.5) is 9.80 Å². The fourth-order valence-corrected chi connectivity index (χ4v) is 3.60. The topological polar surface area (TPSA) is 74.6 Å². The van der Waals surface area contributed by atoms with Crippen LogP contribution in [0.2, 0.25) is 0 Å². The summed E-state index contributed by atoms with van der Waals surface area (Å²) in [5.41, 5.74) is 0.618. The number of anilines is 1. The van der Waals surface area contributed by atoms with Gasteiger partial charge in [-0.15, -0.1) is 11.3 Å². The van der Waals surface area contributed by atoms with Crippen molar-refractivity contribution in [3.8, 4) is 0 Å². The highest BCUT2D eigenvalue weighted by Crippen LogP contribution is 2.21. The van der Waals surface area contributed by atoms with Crippen molar-refractivity contribution in [2.24, 2.45) is 0 Å². The summed E-state index contributed by atoms with van der Waals surface area (Å²) in [5.74, 6) is 0.643. The number of furan rings is 1. The lowest BCUT2D eigenvalue weighted by Crippen LogP contribution is -2.47. The molecule has 1 saturated heterocycles. The molecule has 0 aromatic carbocycles. The molecule has 128 valence electrons. The van der Waals surface area contributed by atoms with Crippen molar-refractivity contribution < 1.29 is 14.0 Å². The van der Waals surface area contributed by atoms with Gasteiger partial charge in [-0.05, 0) is 44.9 Å². The van der Waals surface area contributed by atoms with Crippen molar-refractivity contribution in [2.75, 3.05) is 18.4 Å². The summed E-state index contributed by atoms with van der Waals surface area (Å²) in [7, 11) is 0. The van der Waals surface area contributed by atoms with Gasteiger partial charge in [0.15, 0.2) is 0 Å². The van der Waals surface area contributed by atoms with Gasteiger partial charge in [-0.3, -0.25) is 10.1 Å². The van der Waals surface area contributed by atoms with Gasteiger partial charge in [0.2, 0.25) is 0 Å². The summed E-state index contributed by atoms with van der Waals surface area (Å²) in [6.45, 7) is 5.05. The molecule has 0 unspecified atom stereocenters. The maximum absolute atomic E-state index is 12.4. The Morgan fingerprint density at radius 3 is 2.54 bits per heavy atom. The lowest BCUT2D eigenvalue weighted by atomic mass is 10.0. The Bertz CT molecular complexity index is 729. The highest BCUT2D eigenvalue weighted by Gasteiger charge is 2.26. The molecule has 2 aromatic heterocycles. The third-order valence-electron chi connectivity index (χ3n) is 4.18. The molecule has 7 heteroatoms. The van der Waals surface area contributed by atoms with Gasteiger partial charge in [-0.1, -0.05) is 0 Å². The summed E-state index contributed by atoms with van der Waals surface area (Å²) < 4.78 is 5.20. The van der Waals surface area contributed by atoms with Crippen LogP contribution < -0.4 is 10.6 Å². The molecule has 24 heavy (non-hydrogen) atoms. The largest absolute Gasteiger partial charge is 0.469 e. The van der Waals surface area contributed by atoms with Crippen molar-refractivity contribution in [3.63, 3.8) is 0 Å². The van der Waals surface area contributed by atoms with Crippen molar-refractivity contribution in [2.45, 2.75) is 32.7 Å². The molecule has 0 bridgehead atoms. The van der Waals surface area contributed by atoms with Crippen LogP contribution >= 0.6 is 11.3 Å². The van der Waals surface area contributed by atoms with Crippen LogP contribution in [0, 0.1) is 13.8 Å². The van der Waals surface area contributed by atoms with Gasteiger partial charge in [-0.25, -0.2) is 4.79 Å². The predicted octanol–water partition coefficient (Wildman–Crippen LogP) is 3.38. The molecule has 0 aliphatic carbocycles. The highest BCUT2D eigenvalue weighted by molar-refractivity contribution is 7.16. The van der Waals surface area contributed by atoms with Crippen LogP contribution in [0.15, 0.2) is 28.9 Å². The van der Waals surface area contributed by atoms with Gasteiger partial charge in [0, 0.05) is 24.0 Å². The van der Waals surface area contributed by atoms with Gasteiger partial charge in [0.25, 0.3) is 5.91 Å². The number of urea groups is 1. The molecule has 6 nitrogen and oxygen atoms in total. The van der Waals surface area contributed by atoms with Gasteiger partial charge in [-0.2, -0.15) is 0 Å². The summed E-state index contributed by atoms with van der Waals surface area (Å²) >= 11 is 1.55. The number of thiophene rings is 1. The molecule has 3 heterocycles. The number of rotatable bonds is 3. The molecule has 0 atom stereocenters. The van der Waals surface area contributed by atoms with Gasteiger partial charge >= 0.3 is 6.03 Å². The van der Waals surface area contributed by atoms with Crippen LogP contribution in [0.5, 0.6) is 0 Å². The summed E-state index contributed by atoms with van der Waals surface area (Å²) in [5, 5.41) is 6.67. The van der Waals surface area contributed by atoms with Crippen LogP contribution in [0.25, 0.3) is 0 Å². The molecule has 1 aliphatic rings. The third kappa shape index (κ3) is 3.79. The van der Waals surface area contributed by atoms with E-state index in [0.717, 1.165) is 22.7 Å². The van der Waals surface area contributed by atoms with E-state index in [1.54, 1.807) is 24.3 Å². The summed E-state index contributed by atoms with van der Waals surface area (Å²) in [6, 6.07) is 5.47. The first-order chi connectivity index (χ1) is 11.5. The molecule has 1 fully saturated rings. The number of likely N-dealkylation sites (tertiary alicyclic amines) is 1. The minimum absolute atomic E-state index is 0.00166. The number of nitrogens with zero attached hydrogens (tertiary/aromatic N) is 1. The first-order valence-electron chi connectivity index (χ1n) is 8.00. The number of hydrogen-bond donors (Lipinski definition) is 2. The van der Waals surface area contributed by atoms with Crippen LogP contribution in [0.3, 0.4) is 0 Å². The van der Waals surface area contributed by atoms with E-state index in [9.17, 15) is 9.59 Å². The van der Waals surface area contributed by atoms with E-state index in [-0.39, 0.29) is 18.0 Å². The van der Waals surface area contributed by atoms with E-state index in [0.29, 0.717) is 24.4 Å². The lowest BCUT2D eigenvalue weighted by Gasteiger charge is -2.32. The van der Waals surface area contributed by atoms with Crippen molar-refractivity contribution in [1.82, 2.24) is 10.2 Å². The smallest absolute Gasteiger partial charge is 0.320 e. The number of aryl methyl sites for hydroxylation is 2. The Balaban J connectivity index is 1.47. The van der Waals surface area contributed by atoms with Crippen LogP contribution in [0.1, 0.15) is 33.8 Å². The van der Waals surface area contributed by atoms with Gasteiger partial charge < -0.3 is 14.6 Å². The van der Waals surface area contributed by atoms with E-state index in [4.69, 9.17) is 4.42 Å². The Labute approximate surface area is 144 Å². The highest BCUT2D eigenvalue weighted by atomic mass is 32.1. The van der Waals surface area contributed by atoms with Crippen LogP contribution in [-0.4, -0.2) is 36.0 Å². The predicted molar refractivity (Wildman–Crippen MR) is 93.6 cm³/mol. The van der Waals surface area contributed by atoms with Gasteiger partial charge in [0.1, 0.15) is 5.76 Å². The SMILES string of the molecule is Cc1ccc(NC(=O)NC2CCN(C(=O)c3ccoc3C)CC2)s1. The number of amides is 3. The van der Waals surface area contributed by atoms with Crippen molar-refractivity contribution >= 4 is 28.3 Å². The normalized spacial score (nSPS) is 15.3. The zero-order chi connectivity index (χ0) is 17.1. The Kier molecular flexibility index (Phi) is 4.89. The molecular formula is C17H21N3O3S. The second-order valence-electron chi connectivity index (χ2n) is 5.97. The fraction of sp³-hybridized carbons (Fsp3) is 0.412.